The Morgan fingerprint density at radius 3 is 2.88 bits per heavy atom. The van der Waals surface area contributed by atoms with Crippen molar-refractivity contribution in [3.05, 3.63) is 18.2 Å². The third-order valence-corrected chi connectivity index (χ3v) is 2.45. The number of aliphatic hydroxyl groups is 1. The smallest absolute Gasteiger partial charge is 0.109 e. The Hall–Kier alpha value is -0.910. The molecule has 0 aliphatic heterocycles. The molecule has 0 aliphatic carbocycles. The zero-order valence-corrected chi connectivity index (χ0v) is 10.9. The van der Waals surface area contributed by atoms with Crippen molar-refractivity contribution in [2.24, 2.45) is 7.05 Å². The molecule has 5 heteroatoms. The van der Waals surface area contributed by atoms with Crippen LogP contribution in [0.1, 0.15) is 19.7 Å². The van der Waals surface area contributed by atoms with E-state index in [9.17, 15) is 5.11 Å². The monoisotopic (exact) mass is 241 g/mol. The summed E-state index contributed by atoms with van der Waals surface area (Å²) < 4.78 is 7.32. The van der Waals surface area contributed by atoms with E-state index < -0.39 is 6.10 Å². The average molecular weight is 241 g/mol. The van der Waals surface area contributed by atoms with Gasteiger partial charge >= 0.3 is 0 Å². The van der Waals surface area contributed by atoms with Gasteiger partial charge in [-0.3, -0.25) is 0 Å². The minimum atomic E-state index is -0.446. The predicted octanol–water partition coefficient (Wildman–Crippen LogP) is 0.338. The van der Waals surface area contributed by atoms with E-state index in [0.717, 1.165) is 18.8 Å². The third kappa shape index (κ3) is 5.81. The summed E-state index contributed by atoms with van der Waals surface area (Å²) in [6.45, 7) is 5.66. The maximum absolute atomic E-state index is 9.60. The van der Waals surface area contributed by atoms with Gasteiger partial charge in [0, 0.05) is 39.0 Å². The summed E-state index contributed by atoms with van der Waals surface area (Å²) in [5.41, 5.74) is 0. The number of hydrogen-bond acceptors (Lipinski definition) is 4. The van der Waals surface area contributed by atoms with Crippen LogP contribution in [0.5, 0.6) is 0 Å². The first-order valence-corrected chi connectivity index (χ1v) is 6.06. The van der Waals surface area contributed by atoms with E-state index in [1.54, 1.807) is 6.20 Å². The number of aromatic nitrogens is 2. The quantitative estimate of drug-likeness (QED) is 0.644. The molecule has 0 aliphatic rings. The maximum atomic E-state index is 9.60. The highest BCUT2D eigenvalue weighted by molar-refractivity contribution is 4.91. The molecule has 1 heterocycles. The first-order valence-electron chi connectivity index (χ1n) is 6.06. The number of rotatable bonds is 8. The lowest BCUT2D eigenvalue weighted by molar-refractivity contribution is 0.00650. The van der Waals surface area contributed by atoms with Crippen LogP contribution in [-0.2, 0) is 18.2 Å². The number of aryl methyl sites for hydroxylation is 1. The fourth-order valence-electron chi connectivity index (χ4n) is 1.47. The van der Waals surface area contributed by atoms with Crippen molar-refractivity contribution in [1.82, 2.24) is 14.9 Å². The highest BCUT2D eigenvalue weighted by atomic mass is 16.5. The summed E-state index contributed by atoms with van der Waals surface area (Å²) in [6, 6.07) is 0. The van der Waals surface area contributed by atoms with Crippen molar-refractivity contribution in [2.45, 2.75) is 32.5 Å². The van der Waals surface area contributed by atoms with Crippen LogP contribution < -0.4 is 5.32 Å². The highest BCUT2D eigenvalue weighted by Gasteiger charge is 2.05. The molecule has 0 amide bonds. The Morgan fingerprint density at radius 1 is 1.53 bits per heavy atom. The molecule has 17 heavy (non-hydrogen) atoms. The predicted molar refractivity (Wildman–Crippen MR) is 66.9 cm³/mol. The van der Waals surface area contributed by atoms with Crippen LogP contribution in [0.2, 0.25) is 0 Å². The third-order valence-electron chi connectivity index (χ3n) is 2.45. The molecule has 5 nitrogen and oxygen atoms in total. The van der Waals surface area contributed by atoms with Crippen LogP contribution in [0.25, 0.3) is 0 Å². The summed E-state index contributed by atoms with van der Waals surface area (Å²) >= 11 is 0. The zero-order chi connectivity index (χ0) is 12.7. The van der Waals surface area contributed by atoms with Crippen molar-refractivity contribution in [2.75, 3.05) is 19.7 Å². The first kappa shape index (κ1) is 14.2. The lowest BCUT2D eigenvalue weighted by Crippen LogP contribution is -2.32. The molecule has 1 atom stereocenters. The van der Waals surface area contributed by atoms with Crippen molar-refractivity contribution < 1.29 is 9.84 Å². The van der Waals surface area contributed by atoms with Crippen molar-refractivity contribution in [3.63, 3.8) is 0 Å². The van der Waals surface area contributed by atoms with Crippen molar-refractivity contribution in [3.8, 4) is 0 Å². The van der Waals surface area contributed by atoms with E-state index in [-0.39, 0.29) is 6.10 Å². The van der Waals surface area contributed by atoms with E-state index in [1.807, 2.05) is 31.7 Å². The largest absolute Gasteiger partial charge is 0.389 e. The van der Waals surface area contributed by atoms with E-state index in [0.29, 0.717) is 13.2 Å². The Balaban J connectivity index is 2.06. The molecule has 0 saturated heterocycles. The first-order chi connectivity index (χ1) is 8.09. The Bertz CT molecular complexity index is 312. The SMILES string of the molecule is CC(C)OCC(O)CNCCc1nccn1C. The molecule has 0 radical (unpaired) electrons. The van der Waals surface area contributed by atoms with Crippen LogP contribution in [0.3, 0.4) is 0 Å². The van der Waals surface area contributed by atoms with E-state index in [1.165, 1.54) is 0 Å². The molecule has 1 aromatic heterocycles. The van der Waals surface area contributed by atoms with Gasteiger partial charge in [-0.25, -0.2) is 4.98 Å². The Labute approximate surface area is 103 Å². The molecular formula is C12H23N3O2. The van der Waals surface area contributed by atoms with E-state index >= 15 is 0 Å². The molecule has 1 unspecified atom stereocenters. The lowest BCUT2D eigenvalue weighted by atomic mass is 10.3. The topological polar surface area (TPSA) is 59.3 Å². The number of ether oxygens (including phenoxy) is 1. The molecule has 0 aromatic carbocycles. The second-order valence-corrected chi connectivity index (χ2v) is 4.44. The molecule has 1 aromatic rings. The van der Waals surface area contributed by atoms with Crippen LogP contribution >= 0.6 is 0 Å². The van der Waals surface area contributed by atoms with Crippen LogP contribution in [-0.4, -0.2) is 46.6 Å². The fraction of sp³-hybridized carbons (Fsp3) is 0.750. The number of hydrogen-bond donors (Lipinski definition) is 2. The maximum Gasteiger partial charge on any atom is 0.109 e. The van der Waals surface area contributed by atoms with Gasteiger partial charge in [-0.05, 0) is 13.8 Å². The normalized spacial score (nSPS) is 13.2. The molecular weight excluding hydrogens is 218 g/mol. The van der Waals surface area contributed by atoms with Gasteiger partial charge in [0.25, 0.3) is 0 Å². The van der Waals surface area contributed by atoms with E-state index in [2.05, 4.69) is 10.3 Å². The van der Waals surface area contributed by atoms with Gasteiger partial charge in [-0.2, -0.15) is 0 Å². The standard InChI is InChI=1S/C12H23N3O2/c1-10(2)17-9-11(16)8-13-5-4-12-14-6-7-15(12)3/h6-7,10-11,13,16H,4-5,8-9H2,1-3H3. The van der Waals surface area contributed by atoms with Gasteiger partial charge in [0.2, 0.25) is 0 Å². The minimum absolute atomic E-state index is 0.164. The Morgan fingerprint density at radius 2 is 2.29 bits per heavy atom. The van der Waals surface area contributed by atoms with Gasteiger partial charge in [0.05, 0.1) is 18.8 Å². The van der Waals surface area contributed by atoms with Crippen molar-refractivity contribution in [1.29, 1.82) is 0 Å². The number of aliphatic hydroxyl groups excluding tert-OH is 1. The minimum Gasteiger partial charge on any atom is -0.389 e. The van der Waals surface area contributed by atoms with Crippen LogP contribution in [0.15, 0.2) is 12.4 Å². The van der Waals surface area contributed by atoms with Gasteiger partial charge in [0.15, 0.2) is 0 Å². The Kier molecular flexibility index (Phi) is 6.18. The number of nitrogens with zero attached hydrogens (tertiary/aromatic N) is 2. The summed E-state index contributed by atoms with van der Waals surface area (Å²) in [7, 11) is 1.98. The van der Waals surface area contributed by atoms with E-state index in [4.69, 9.17) is 4.74 Å². The number of nitrogens with one attached hydrogen (secondary N) is 1. The summed E-state index contributed by atoms with van der Waals surface area (Å²) in [5.74, 6) is 1.05. The number of imidazole rings is 1. The summed E-state index contributed by atoms with van der Waals surface area (Å²) in [4.78, 5) is 4.23. The van der Waals surface area contributed by atoms with Gasteiger partial charge in [-0.15, -0.1) is 0 Å². The molecule has 0 bridgehead atoms. The second kappa shape index (κ2) is 7.42. The summed E-state index contributed by atoms with van der Waals surface area (Å²) in [5, 5.41) is 12.8. The van der Waals surface area contributed by atoms with Gasteiger partial charge in [0.1, 0.15) is 5.82 Å². The second-order valence-electron chi connectivity index (χ2n) is 4.44. The van der Waals surface area contributed by atoms with Crippen LogP contribution in [0, 0.1) is 0 Å². The van der Waals surface area contributed by atoms with Crippen molar-refractivity contribution >= 4 is 0 Å². The highest BCUT2D eigenvalue weighted by Crippen LogP contribution is 1.94. The molecule has 0 spiro atoms. The molecule has 0 fully saturated rings. The average Bonchev–Trinajstić information content (AvgIpc) is 2.68. The van der Waals surface area contributed by atoms with Crippen LogP contribution in [0.4, 0.5) is 0 Å². The van der Waals surface area contributed by atoms with Gasteiger partial charge < -0.3 is 19.7 Å². The van der Waals surface area contributed by atoms with Gasteiger partial charge in [-0.1, -0.05) is 0 Å². The molecule has 1 rings (SSSR count). The lowest BCUT2D eigenvalue weighted by Gasteiger charge is -2.14. The molecule has 98 valence electrons. The molecule has 2 N–H and O–H groups in total. The molecule has 0 saturated carbocycles. The summed E-state index contributed by atoms with van der Waals surface area (Å²) in [6.07, 6.45) is 4.30. The fourth-order valence-corrected chi connectivity index (χ4v) is 1.47. The zero-order valence-electron chi connectivity index (χ0n) is 10.9.